The number of carbonyl (C=O) groups is 1. The molecule has 0 aliphatic heterocycles. The van der Waals surface area contributed by atoms with E-state index in [4.69, 9.17) is 9.47 Å². The van der Waals surface area contributed by atoms with Crippen molar-refractivity contribution >= 4 is 5.91 Å². The van der Waals surface area contributed by atoms with E-state index < -0.39 is 0 Å². The van der Waals surface area contributed by atoms with Crippen molar-refractivity contribution in [3.8, 4) is 11.6 Å². The Morgan fingerprint density at radius 3 is 2.50 bits per heavy atom. The van der Waals surface area contributed by atoms with Gasteiger partial charge in [0.15, 0.2) is 0 Å². The highest BCUT2D eigenvalue weighted by Crippen LogP contribution is 2.13. The van der Waals surface area contributed by atoms with Gasteiger partial charge in [-0.1, -0.05) is 30.3 Å². The molecule has 0 radical (unpaired) electrons. The minimum atomic E-state index is -0.142. The van der Waals surface area contributed by atoms with Crippen molar-refractivity contribution in [1.82, 2.24) is 10.3 Å². The number of amides is 1. The molecule has 0 saturated carbocycles. The molecule has 0 saturated heterocycles. The summed E-state index contributed by atoms with van der Waals surface area (Å²) in [6.45, 7) is 0.852. The maximum Gasteiger partial charge on any atom is 0.251 e. The van der Waals surface area contributed by atoms with Crippen molar-refractivity contribution in [3.05, 3.63) is 89.6 Å². The molecular formula is C21H20N2O3. The molecule has 5 nitrogen and oxygen atoms in total. The molecule has 0 atom stereocenters. The number of hydrogen-bond acceptors (Lipinski definition) is 4. The molecule has 3 aromatic rings. The van der Waals surface area contributed by atoms with Crippen LogP contribution in [0.2, 0.25) is 0 Å². The first kappa shape index (κ1) is 17.5. The summed E-state index contributed by atoms with van der Waals surface area (Å²) in [6, 6.07) is 20.6. The fourth-order valence-corrected chi connectivity index (χ4v) is 2.40. The number of pyridine rings is 1. The van der Waals surface area contributed by atoms with Crippen LogP contribution in [-0.2, 0) is 13.2 Å². The zero-order chi connectivity index (χ0) is 18.2. The zero-order valence-electron chi connectivity index (χ0n) is 14.5. The molecule has 0 fully saturated rings. The molecule has 0 unspecified atom stereocenters. The summed E-state index contributed by atoms with van der Waals surface area (Å²) in [7, 11) is 1.59. The summed E-state index contributed by atoms with van der Waals surface area (Å²) in [5.41, 5.74) is 2.58. The number of methoxy groups -OCH3 is 1. The fourth-order valence-electron chi connectivity index (χ4n) is 2.40. The Balaban J connectivity index is 1.55. The third-order valence-electron chi connectivity index (χ3n) is 3.83. The van der Waals surface area contributed by atoms with Gasteiger partial charge in [-0.25, -0.2) is 4.98 Å². The monoisotopic (exact) mass is 348 g/mol. The lowest BCUT2D eigenvalue weighted by Crippen LogP contribution is -2.22. The summed E-state index contributed by atoms with van der Waals surface area (Å²) in [5, 5.41) is 2.89. The first-order chi connectivity index (χ1) is 12.7. The van der Waals surface area contributed by atoms with Crippen LogP contribution in [0.25, 0.3) is 0 Å². The summed E-state index contributed by atoms with van der Waals surface area (Å²) in [4.78, 5) is 16.4. The van der Waals surface area contributed by atoms with Gasteiger partial charge >= 0.3 is 0 Å². The SMILES string of the molecule is COc1ccc(C(=O)NCc2ccnc(OCc3ccccc3)c2)cc1. The Hall–Kier alpha value is -3.34. The average molecular weight is 348 g/mol. The molecule has 0 aliphatic carbocycles. The standard InChI is InChI=1S/C21H20N2O3/c1-25-19-9-7-18(8-10-19)21(24)23-14-17-11-12-22-20(13-17)26-15-16-5-3-2-4-6-16/h2-13H,14-15H2,1H3,(H,23,24). The second-order valence-corrected chi connectivity index (χ2v) is 5.69. The second kappa shape index (κ2) is 8.67. The number of rotatable bonds is 7. The second-order valence-electron chi connectivity index (χ2n) is 5.69. The van der Waals surface area contributed by atoms with E-state index >= 15 is 0 Å². The Morgan fingerprint density at radius 1 is 1.00 bits per heavy atom. The largest absolute Gasteiger partial charge is 0.497 e. The number of carbonyl (C=O) groups excluding carboxylic acids is 1. The maximum atomic E-state index is 12.2. The quantitative estimate of drug-likeness (QED) is 0.709. The van der Waals surface area contributed by atoms with Crippen molar-refractivity contribution < 1.29 is 14.3 Å². The molecule has 1 amide bonds. The van der Waals surface area contributed by atoms with Gasteiger partial charge in [-0.3, -0.25) is 4.79 Å². The van der Waals surface area contributed by atoms with Gasteiger partial charge in [0.25, 0.3) is 5.91 Å². The Bertz CT molecular complexity index is 849. The molecule has 5 heteroatoms. The van der Waals surface area contributed by atoms with Gasteiger partial charge in [0.1, 0.15) is 12.4 Å². The number of ether oxygens (including phenoxy) is 2. The average Bonchev–Trinajstić information content (AvgIpc) is 2.71. The highest BCUT2D eigenvalue weighted by atomic mass is 16.5. The molecule has 1 heterocycles. The molecule has 1 aromatic heterocycles. The van der Waals surface area contributed by atoms with E-state index in [-0.39, 0.29) is 5.91 Å². The number of nitrogens with one attached hydrogen (secondary N) is 1. The molecule has 1 N–H and O–H groups in total. The van der Waals surface area contributed by atoms with E-state index in [0.717, 1.165) is 16.9 Å². The van der Waals surface area contributed by atoms with Gasteiger partial charge in [0, 0.05) is 24.4 Å². The number of aromatic nitrogens is 1. The van der Waals surface area contributed by atoms with Crippen molar-refractivity contribution in [2.45, 2.75) is 13.2 Å². The van der Waals surface area contributed by atoms with Gasteiger partial charge in [0.2, 0.25) is 5.88 Å². The van der Waals surface area contributed by atoms with Crippen LogP contribution >= 0.6 is 0 Å². The van der Waals surface area contributed by atoms with E-state index in [2.05, 4.69) is 10.3 Å². The van der Waals surface area contributed by atoms with E-state index in [1.165, 1.54) is 0 Å². The van der Waals surface area contributed by atoms with Crippen LogP contribution in [0.4, 0.5) is 0 Å². The number of hydrogen-bond donors (Lipinski definition) is 1. The molecule has 0 bridgehead atoms. The van der Waals surface area contributed by atoms with Gasteiger partial charge in [0.05, 0.1) is 7.11 Å². The molecule has 2 aromatic carbocycles. The molecule has 26 heavy (non-hydrogen) atoms. The van der Waals surface area contributed by atoms with Crippen LogP contribution in [0.3, 0.4) is 0 Å². The third-order valence-corrected chi connectivity index (χ3v) is 3.83. The maximum absolute atomic E-state index is 12.2. The van der Waals surface area contributed by atoms with Gasteiger partial charge < -0.3 is 14.8 Å². The third kappa shape index (κ3) is 4.83. The molecule has 3 rings (SSSR count). The van der Waals surface area contributed by atoms with Gasteiger partial charge in [-0.15, -0.1) is 0 Å². The van der Waals surface area contributed by atoms with Crippen molar-refractivity contribution in [2.24, 2.45) is 0 Å². The molecule has 132 valence electrons. The van der Waals surface area contributed by atoms with Crippen molar-refractivity contribution in [1.29, 1.82) is 0 Å². The summed E-state index contributed by atoms with van der Waals surface area (Å²) in [6.07, 6.45) is 1.68. The first-order valence-electron chi connectivity index (χ1n) is 8.28. The van der Waals surface area contributed by atoms with Crippen LogP contribution in [-0.4, -0.2) is 18.0 Å². The number of benzene rings is 2. The van der Waals surface area contributed by atoms with E-state index in [9.17, 15) is 4.79 Å². The molecule has 0 aliphatic rings. The first-order valence-corrected chi connectivity index (χ1v) is 8.28. The van der Waals surface area contributed by atoms with E-state index in [0.29, 0.717) is 24.6 Å². The minimum Gasteiger partial charge on any atom is -0.497 e. The fraction of sp³-hybridized carbons (Fsp3) is 0.143. The summed E-state index contributed by atoms with van der Waals surface area (Å²) < 4.78 is 10.8. The van der Waals surface area contributed by atoms with Crippen molar-refractivity contribution in [2.75, 3.05) is 7.11 Å². The Labute approximate surface area is 152 Å². The van der Waals surface area contributed by atoms with Gasteiger partial charge in [-0.2, -0.15) is 0 Å². The molecular weight excluding hydrogens is 328 g/mol. The number of nitrogens with zero attached hydrogens (tertiary/aromatic N) is 1. The summed E-state index contributed by atoms with van der Waals surface area (Å²) in [5.74, 6) is 1.11. The van der Waals surface area contributed by atoms with Crippen LogP contribution in [0.1, 0.15) is 21.5 Å². The van der Waals surface area contributed by atoms with E-state index in [1.54, 1.807) is 37.6 Å². The van der Waals surface area contributed by atoms with Crippen molar-refractivity contribution in [3.63, 3.8) is 0 Å². The van der Waals surface area contributed by atoms with Crippen LogP contribution in [0.15, 0.2) is 72.9 Å². The topological polar surface area (TPSA) is 60.5 Å². The minimum absolute atomic E-state index is 0.142. The predicted molar refractivity (Wildman–Crippen MR) is 99.2 cm³/mol. The lowest BCUT2D eigenvalue weighted by atomic mass is 10.2. The Kier molecular flexibility index (Phi) is 5.83. The highest BCUT2D eigenvalue weighted by molar-refractivity contribution is 5.94. The predicted octanol–water partition coefficient (Wildman–Crippen LogP) is 3.60. The lowest BCUT2D eigenvalue weighted by molar-refractivity contribution is 0.0951. The van der Waals surface area contributed by atoms with E-state index in [1.807, 2.05) is 42.5 Å². The normalized spacial score (nSPS) is 10.2. The zero-order valence-corrected chi connectivity index (χ0v) is 14.5. The summed E-state index contributed by atoms with van der Waals surface area (Å²) >= 11 is 0. The highest BCUT2D eigenvalue weighted by Gasteiger charge is 2.06. The van der Waals surface area contributed by atoms with Crippen LogP contribution in [0, 0.1) is 0 Å². The lowest BCUT2D eigenvalue weighted by Gasteiger charge is -2.09. The van der Waals surface area contributed by atoms with Gasteiger partial charge in [-0.05, 0) is 41.5 Å². The van der Waals surface area contributed by atoms with Crippen LogP contribution in [0.5, 0.6) is 11.6 Å². The molecule has 0 spiro atoms. The van der Waals surface area contributed by atoms with Crippen LogP contribution < -0.4 is 14.8 Å². The smallest absolute Gasteiger partial charge is 0.251 e. The Morgan fingerprint density at radius 2 is 1.77 bits per heavy atom.